The number of carbonyl (C=O) groups excluding carboxylic acids is 2. The van der Waals surface area contributed by atoms with E-state index in [4.69, 9.17) is 5.73 Å². The fraction of sp³-hybridized carbons (Fsp3) is 0.778. The van der Waals surface area contributed by atoms with E-state index < -0.39 is 6.04 Å². The van der Waals surface area contributed by atoms with Crippen molar-refractivity contribution in [3.8, 4) is 0 Å². The van der Waals surface area contributed by atoms with E-state index in [0.717, 1.165) is 56.0 Å². The van der Waals surface area contributed by atoms with Crippen molar-refractivity contribution in [2.75, 3.05) is 19.6 Å². The number of hydrogen-bond acceptors (Lipinski definition) is 5. The molecule has 4 rings (SSSR count). The Morgan fingerprint density at radius 1 is 1.15 bits per heavy atom. The van der Waals surface area contributed by atoms with Crippen LogP contribution in [0.2, 0.25) is 0 Å². The average Bonchev–Trinajstić information content (AvgIpc) is 3.51. The Morgan fingerprint density at radius 2 is 1.88 bits per heavy atom. The summed E-state index contributed by atoms with van der Waals surface area (Å²) < 4.78 is 0. The predicted octanol–water partition coefficient (Wildman–Crippen LogP) is 4.26. The molecule has 0 spiro atoms. The van der Waals surface area contributed by atoms with Gasteiger partial charge in [0.2, 0.25) is 5.91 Å². The van der Waals surface area contributed by atoms with Crippen LogP contribution in [-0.4, -0.2) is 65.4 Å². The average molecular weight is 489 g/mol. The van der Waals surface area contributed by atoms with E-state index in [1.807, 2.05) is 22.4 Å². The van der Waals surface area contributed by atoms with E-state index in [2.05, 4.69) is 24.1 Å². The minimum atomic E-state index is -0.392. The first-order valence-corrected chi connectivity index (χ1v) is 14.4. The van der Waals surface area contributed by atoms with Gasteiger partial charge in [0.05, 0.1) is 4.88 Å². The molecule has 1 saturated heterocycles. The summed E-state index contributed by atoms with van der Waals surface area (Å²) >= 11 is 1.47. The molecule has 190 valence electrons. The molecule has 2 saturated carbocycles. The molecule has 3 N–H and O–H groups in total. The van der Waals surface area contributed by atoms with E-state index in [-0.39, 0.29) is 29.9 Å². The Balaban J connectivity index is 1.49. The number of carbonyl (C=O) groups is 2. The molecule has 7 heteroatoms. The normalized spacial score (nSPS) is 28.6. The summed E-state index contributed by atoms with van der Waals surface area (Å²) in [6.07, 6.45) is 11.2. The van der Waals surface area contributed by atoms with Crippen LogP contribution in [0, 0.1) is 11.8 Å². The summed E-state index contributed by atoms with van der Waals surface area (Å²) in [6.45, 7) is 7.31. The fourth-order valence-corrected chi connectivity index (χ4v) is 6.88. The maximum absolute atomic E-state index is 13.5. The van der Waals surface area contributed by atoms with Gasteiger partial charge in [-0.05, 0) is 68.2 Å². The van der Waals surface area contributed by atoms with Crippen molar-refractivity contribution in [2.45, 2.75) is 102 Å². The standard InChI is InChI=1S/C27H44N4O2S/c1-19(2)16-30(17-20-7-4-3-5-8-20)23-15-24(26(32)29-22-12-10-21(28)11-13-22)31(18-23)27(33)25-9-6-14-34-25/h6,9,14,19-24H,3-5,7-8,10-13,15-18,28H2,1-2H3,(H,29,32). The van der Waals surface area contributed by atoms with Crippen LogP contribution in [0.4, 0.5) is 0 Å². The van der Waals surface area contributed by atoms with E-state index >= 15 is 0 Å². The molecule has 1 aromatic rings. The van der Waals surface area contributed by atoms with Gasteiger partial charge in [0.1, 0.15) is 6.04 Å². The zero-order valence-electron chi connectivity index (χ0n) is 21.1. The van der Waals surface area contributed by atoms with Crippen LogP contribution in [0.5, 0.6) is 0 Å². The van der Waals surface area contributed by atoms with Gasteiger partial charge in [-0.3, -0.25) is 14.5 Å². The molecule has 0 bridgehead atoms. The molecule has 0 aromatic carbocycles. The molecule has 1 aliphatic heterocycles. The van der Waals surface area contributed by atoms with Crippen LogP contribution in [0.25, 0.3) is 0 Å². The smallest absolute Gasteiger partial charge is 0.264 e. The number of nitrogens with two attached hydrogens (primary N) is 1. The minimum absolute atomic E-state index is 0.00507. The molecule has 2 amide bonds. The second kappa shape index (κ2) is 12.0. The molecule has 6 nitrogen and oxygen atoms in total. The molecule has 2 unspecified atom stereocenters. The molecule has 0 radical (unpaired) electrons. The van der Waals surface area contributed by atoms with Crippen molar-refractivity contribution < 1.29 is 9.59 Å². The van der Waals surface area contributed by atoms with Gasteiger partial charge in [-0.15, -0.1) is 11.3 Å². The number of rotatable bonds is 8. The Hall–Kier alpha value is -1.44. The highest BCUT2D eigenvalue weighted by Crippen LogP contribution is 2.30. The second-order valence-corrected chi connectivity index (χ2v) is 12.3. The van der Waals surface area contributed by atoms with Crippen molar-refractivity contribution in [1.82, 2.24) is 15.1 Å². The van der Waals surface area contributed by atoms with Gasteiger partial charge in [-0.2, -0.15) is 0 Å². The van der Waals surface area contributed by atoms with Gasteiger partial charge in [0, 0.05) is 37.8 Å². The summed E-state index contributed by atoms with van der Waals surface area (Å²) in [5.74, 6) is 1.33. The van der Waals surface area contributed by atoms with Crippen LogP contribution >= 0.6 is 11.3 Å². The highest BCUT2D eigenvalue weighted by molar-refractivity contribution is 7.12. The summed E-state index contributed by atoms with van der Waals surface area (Å²) in [6, 6.07) is 4.08. The molecule has 2 heterocycles. The summed E-state index contributed by atoms with van der Waals surface area (Å²) in [5, 5.41) is 5.23. The highest BCUT2D eigenvalue weighted by Gasteiger charge is 2.43. The van der Waals surface area contributed by atoms with Crippen molar-refractivity contribution in [1.29, 1.82) is 0 Å². The third-order valence-corrected chi connectivity index (χ3v) is 8.88. The monoisotopic (exact) mass is 488 g/mol. The van der Waals surface area contributed by atoms with E-state index in [1.165, 1.54) is 43.4 Å². The summed E-state index contributed by atoms with van der Waals surface area (Å²) in [5.41, 5.74) is 6.06. The third kappa shape index (κ3) is 6.61. The van der Waals surface area contributed by atoms with Crippen LogP contribution in [0.3, 0.4) is 0 Å². The lowest BCUT2D eigenvalue weighted by molar-refractivity contribution is -0.125. The van der Waals surface area contributed by atoms with Gasteiger partial charge in [-0.1, -0.05) is 39.2 Å². The van der Waals surface area contributed by atoms with Crippen LogP contribution in [0.1, 0.15) is 87.7 Å². The third-order valence-electron chi connectivity index (χ3n) is 8.03. The maximum atomic E-state index is 13.5. The molecule has 3 fully saturated rings. The number of likely N-dealkylation sites (tertiary alicyclic amines) is 1. The van der Waals surface area contributed by atoms with E-state index in [9.17, 15) is 9.59 Å². The minimum Gasteiger partial charge on any atom is -0.352 e. The molecule has 2 atom stereocenters. The Morgan fingerprint density at radius 3 is 2.53 bits per heavy atom. The number of hydrogen-bond donors (Lipinski definition) is 2. The van der Waals surface area contributed by atoms with Crippen molar-refractivity contribution in [2.24, 2.45) is 17.6 Å². The number of amides is 2. The zero-order chi connectivity index (χ0) is 24.1. The lowest BCUT2D eigenvalue weighted by atomic mass is 9.88. The number of nitrogens with one attached hydrogen (secondary N) is 1. The van der Waals surface area contributed by atoms with Crippen LogP contribution in [-0.2, 0) is 4.79 Å². The van der Waals surface area contributed by atoms with E-state index in [0.29, 0.717) is 12.5 Å². The molecule has 1 aromatic heterocycles. The quantitative estimate of drug-likeness (QED) is 0.573. The fourth-order valence-electron chi connectivity index (χ4n) is 6.20. The first kappa shape index (κ1) is 25.6. The lowest BCUT2D eigenvalue weighted by Gasteiger charge is -2.35. The van der Waals surface area contributed by atoms with Gasteiger partial charge in [-0.25, -0.2) is 0 Å². The lowest BCUT2D eigenvalue weighted by Crippen LogP contribution is -2.50. The predicted molar refractivity (Wildman–Crippen MR) is 139 cm³/mol. The molecular formula is C27H44N4O2S. The number of thiophene rings is 1. The summed E-state index contributed by atoms with van der Waals surface area (Å²) in [7, 11) is 0. The van der Waals surface area contributed by atoms with Crippen molar-refractivity contribution in [3.63, 3.8) is 0 Å². The molecule has 34 heavy (non-hydrogen) atoms. The first-order valence-electron chi connectivity index (χ1n) is 13.5. The molecule has 3 aliphatic rings. The first-order chi connectivity index (χ1) is 16.4. The van der Waals surface area contributed by atoms with E-state index in [1.54, 1.807) is 0 Å². The molecular weight excluding hydrogens is 444 g/mol. The second-order valence-electron chi connectivity index (χ2n) is 11.3. The van der Waals surface area contributed by atoms with Gasteiger partial charge in [0.25, 0.3) is 5.91 Å². The summed E-state index contributed by atoms with van der Waals surface area (Å²) in [4.78, 5) is 32.2. The largest absolute Gasteiger partial charge is 0.352 e. The Labute approximate surface area is 209 Å². The van der Waals surface area contributed by atoms with Crippen LogP contribution in [0.15, 0.2) is 17.5 Å². The van der Waals surface area contributed by atoms with Crippen molar-refractivity contribution in [3.05, 3.63) is 22.4 Å². The van der Waals surface area contributed by atoms with Crippen LogP contribution < -0.4 is 11.1 Å². The Bertz CT molecular complexity index is 785. The topological polar surface area (TPSA) is 78.7 Å². The molecule has 2 aliphatic carbocycles. The Kier molecular flexibility index (Phi) is 9.05. The van der Waals surface area contributed by atoms with Crippen molar-refractivity contribution >= 4 is 23.2 Å². The van der Waals surface area contributed by atoms with Gasteiger partial charge >= 0.3 is 0 Å². The number of nitrogens with zero attached hydrogens (tertiary/aromatic N) is 2. The van der Waals surface area contributed by atoms with Gasteiger partial charge < -0.3 is 16.0 Å². The zero-order valence-corrected chi connectivity index (χ0v) is 21.9. The van der Waals surface area contributed by atoms with Gasteiger partial charge in [0.15, 0.2) is 0 Å². The highest BCUT2D eigenvalue weighted by atomic mass is 32.1. The maximum Gasteiger partial charge on any atom is 0.264 e. The SMILES string of the molecule is CC(C)CN(CC1CCCCC1)C1CC(C(=O)NC2CCC(N)CC2)N(C(=O)c2cccs2)C1.